The van der Waals surface area contributed by atoms with Gasteiger partial charge in [-0.3, -0.25) is 4.79 Å². The number of nitrogens with one attached hydrogen (secondary N) is 1. The number of rotatable bonds is 6. The average molecular weight is 349 g/mol. The Hall–Kier alpha value is -3.08. The number of nitrogens with zero attached hydrogens (tertiary/aromatic N) is 2. The number of benzene rings is 2. The van der Waals surface area contributed by atoms with Crippen LogP contribution in [0.2, 0.25) is 0 Å². The van der Waals surface area contributed by atoms with E-state index in [1.165, 1.54) is 0 Å². The normalized spacial score (nSPS) is 10.6. The van der Waals surface area contributed by atoms with Gasteiger partial charge in [-0.15, -0.1) is 0 Å². The summed E-state index contributed by atoms with van der Waals surface area (Å²) in [4.78, 5) is 12.4. The van der Waals surface area contributed by atoms with Crippen LogP contribution in [-0.4, -0.2) is 29.3 Å². The number of hydrogen-bond donors (Lipinski definition) is 1. The smallest absolute Gasteiger partial charge is 0.255 e. The van der Waals surface area contributed by atoms with Crippen LogP contribution in [0.3, 0.4) is 0 Å². The van der Waals surface area contributed by atoms with Crippen molar-refractivity contribution in [3.8, 4) is 11.4 Å². The predicted octanol–water partition coefficient (Wildman–Crippen LogP) is 3.47. The van der Waals surface area contributed by atoms with Gasteiger partial charge in [-0.25, -0.2) is 4.68 Å². The quantitative estimate of drug-likeness (QED) is 0.741. The van der Waals surface area contributed by atoms with Crippen molar-refractivity contribution in [3.63, 3.8) is 0 Å². The molecule has 5 nitrogen and oxygen atoms in total. The number of methoxy groups -OCH3 is 1. The second-order valence-corrected chi connectivity index (χ2v) is 6.10. The number of amides is 1. The van der Waals surface area contributed by atoms with Crippen molar-refractivity contribution >= 4 is 5.91 Å². The third-order valence-corrected chi connectivity index (χ3v) is 4.45. The molecule has 0 fully saturated rings. The lowest BCUT2D eigenvalue weighted by Crippen LogP contribution is -2.26. The molecule has 0 bridgehead atoms. The van der Waals surface area contributed by atoms with Crippen LogP contribution in [-0.2, 0) is 6.42 Å². The lowest BCUT2D eigenvalue weighted by molar-refractivity contribution is 0.0951. The molecule has 134 valence electrons. The number of carbonyl (C=O) groups is 1. The summed E-state index contributed by atoms with van der Waals surface area (Å²) in [6.45, 7) is 4.60. The largest absolute Gasteiger partial charge is 0.496 e. The molecule has 0 spiro atoms. The van der Waals surface area contributed by atoms with Gasteiger partial charge >= 0.3 is 0 Å². The van der Waals surface area contributed by atoms with Crippen molar-refractivity contribution < 1.29 is 9.53 Å². The molecule has 26 heavy (non-hydrogen) atoms. The number of ether oxygens (including phenoxy) is 1. The minimum atomic E-state index is -0.131. The maximum absolute atomic E-state index is 12.4. The van der Waals surface area contributed by atoms with Gasteiger partial charge in [0.25, 0.3) is 5.91 Å². The predicted molar refractivity (Wildman–Crippen MR) is 102 cm³/mol. The second-order valence-electron chi connectivity index (χ2n) is 6.10. The molecule has 0 atom stereocenters. The Morgan fingerprint density at radius 2 is 1.77 bits per heavy atom. The molecule has 1 heterocycles. The Balaban J connectivity index is 1.69. The van der Waals surface area contributed by atoms with Gasteiger partial charge in [0.05, 0.1) is 24.1 Å². The average Bonchev–Trinajstić information content (AvgIpc) is 2.96. The van der Waals surface area contributed by atoms with E-state index < -0.39 is 0 Å². The van der Waals surface area contributed by atoms with Crippen molar-refractivity contribution in [2.75, 3.05) is 13.7 Å². The van der Waals surface area contributed by atoms with E-state index in [1.807, 2.05) is 54.1 Å². The molecule has 1 amide bonds. The first-order valence-corrected chi connectivity index (χ1v) is 8.63. The molecule has 0 unspecified atom stereocenters. The third kappa shape index (κ3) is 3.61. The summed E-state index contributed by atoms with van der Waals surface area (Å²) in [5, 5.41) is 7.62. The van der Waals surface area contributed by atoms with Crippen molar-refractivity contribution in [2.45, 2.75) is 20.3 Å². The minimum Gasteiger partial charge on any atom is -0.496 e. The molecule has 3 aromatic rings. The first-order chi connectivity index (χ1) is 12.6. The number of carbonyl (C=O) groups excluding carboxylic acids is 1. The number of aryl methyl sites for hydroxylation is 1. The van der Waals surface area contributed by atoms with E-state index in [2.05, 4.69) is 17.3 Å². The standard InChI is InChI=1S/C21H23N3O2/c1-15-18(16(2)24(23-15)17-9-5-4-6-10-17)13-14-22-21(25)19-11-7-8-12-20(19)26-3/h4-12H,13-14H2,1-3H3,(H,22,25). The minimum absolute atomic E-state index is 0.131. The third-order valence-electron chi connectivity index (χ3n) is 4.45. The molecular weight excluding hydrogens is 326 g/mol. The summed E-state index contributed by atoms with van der Waals surface area (Å²) in [6.07, 6.45) is 0.728. The highest BCUT2D eigenvalue weighted by Gasteiger charge is 2.14. The van der Waals surface area contributed by atoms with Gasteiger partial charge in [-0.2, -0.15) is 5.10 Å². The second kappa shape index (κ2) is 7.87. The van der Waals surface area contributed by atoms with Crippen LogP contribution in [0, 0.1) is 13.8 Å². The zero-order chi connectivity index (χ0) is 18.5. The zero-order valence-corrected chi connectivity index (χ0v) is 15.3. The van der Waals surface area contributed by atoms with Gasteiger partial charge in [0.15, 0.2) is 0 Å². The first-order valence-electron chi connectivity index (χ1n) is 8.63. The van der Waals surface area contributed by atoms with Crippen LogP contribution in [0.25, 0.3) is 5.69 Å². The van der Waals surface area contributed by atoms with E-state index in [4.69, 9.17) is 4.74 Å². The molecule has 2 aromatic carbocycles. The highest BCUT2D eigenvalue weighted by atomic mass is 16.5. The molecule has 0 aliphatic rings. The topological polar surface area (TPSA) is 56.1 Å². The van der Waals surface area contributed by atoms with Crippen molar-refractivity contribution in [1.29, 1.82) is 0 Å². The Morgan fingerprint density at radius 1 is 1.08 bits per heavy atom. The molecule has 0 saturated carbocycles. The van der Waals surface area contributed by atoms with E-state index in [0.29, 0.717) is 17.9 Å². The molecule has 0 radical (unpaired) electrons. The lowest BCUT2D eigenvalue weighted by atomic mass is 10.1. The van der Waals surface area contributed by atoms with Crippen LogP contribution in [0.4, 0.5) is 0 Å². The Kier molecular flexibility index (Phi) is 5.37. The van der Waals surface area contributed by atoms with Crippen LogP contribution < -0.4 is 10.1 Å². The summed E-state index contributed by atoms with van der Waals surface area (Å²) in [5.41, 5.74) is 4.83. The lowest BCUT2D eigenvalue weighted by Gasteiger charge is -2.09. The van der Waals surface area contributed by atoms with Crippen LogP contribution in [0.1, 0.15) is 27.3 Å². The number of para-hydroxylation sites is 2. The summed E-state index contributed by atoms with van der Waals surface area (Å²) >= 11 is 0. The van der Waals surface area contributed by atoms with Crippen LogP contribution in [0.5, 0.6) is 5.75 Å². The fourth-order valence-corrected chi connectivity index (χ4v) is 3.09. The van der Waals surface area contributed by atoms with Crippen LogP contribution in [0.15, 0.2) is 54.6 Å². The molecule has 1 aromatic heterocycles. The molecule has 0 aliphatic carbocycles. The summed E-state index contributed by atoms with van der Waals surface area (Å²) in [5.74, 6) is 0.447. The highest BCUT2D eigenvalue weighted by Crippen LogP contribution is 2.19. The maximum atomic E-state index is 12.4. The molecule has 0 saturated heterocycles. The van der Waals surface area contributed by atoms with Crippen molar-refractivity contribution in [2.24, 2.45) is 0 Å². The fraction of sp³-hybridized carbons (Fsp3) is 0.238. The van der Waals surface area contributed by atoms with E-state index in [9.17, 15) is 4.79 Å². The van der Waals surface area contributed by atoms with Crippen molar-refractivity contribution in [1.82, 2.24) is 15.1 Å². The van der Waals surface area contributed by atoms with E-state index in [-0.39, 0.29) is 5.91 Å². The van der Waals surface area contributed by atoms with Gasteiger partial charge in [-0.1, -0.05) is 30.3 Å². The summed E-state index contributed by atoms with van der Waals surface area (Å²) in [6, 6.07) is 17.3. The van der Waals surface area contributed by atoms with Gasteiger partial charge in [-0.05, 0) is 50.1 Å². The fourth-order valence-electron chi connectivity index (χ4n) is 3.09. The van der Waals surface area contributed by atoms with Gasteiger partial charge in [0.1, 0.15) is 5.75 Å². The Labute approximate surface area is 153 Å². The highest BCUT2D eigenvalue weighted by molar-refractivity contribution is 5.96. The van der Waals surface area contributed by atoms with E-state index in [0.717, 1.165) is 29.1 Å². The Morgan fingerprint density at radius 3 is 2.50 bits per heavy atom. The number of aromatic nitrogens is 2. The SMILES string of the molecule is COc1ccccc1C(=O)NCCc1c(C)nn(-c2ccccc2)c1C. The monoisotopic (exact) mass is 349 g/mol. The van der Waals surface area contributed by atoms with Gasteiger partial charge in [0.2, 0.25) is 0 Å². The summed E-state index contributed by atoms with van der Waals surface area (Å²) < 4.78 is 7.20. The van der Waals surface area contributed by atoms with Crippen molar-refractivity contribution in [3.05, 3.63) is 77.1 Å². The molecule has 5 heteroatoms. The van der Waals surface area contributed by atoms with Gasteiger partial charge in [0, 0.05) is 12.2 Å². The Bertz CT molecular complexity index is 901. The molecular formula is C21H23N3O2. The number of hydrogen-bond acceptors (Lipinski definition) is 3. The molecule has 0 aliphatic heterocycles. The zero-order valence-electron chi connectivity index (χ0n) is 15.3. The van der Waals surface area contributed by atoms with Crippen LogP contribution >= 0.6 is 0 Å². The van der Waals surface area contributed by atoms with Gasteiger partial charge < -0.3 is 10.1 Å². The first kappa shape index (κ1) is 17.7. The van der Waals surface area contributed by atoms with E-state index in [1.54, 1.807) is 19.2 Å². The van der Waals surface area contributed by atoms with E-state index >= 15 is 0 Å². The molecule has 3 rings (SSSR count). The maximum Gasteiger partial charge on any atom is 0.255 e. The summed E-state index contributed by atoms with van der Waals surface area (Å²) in [7, 11) is 1.57. The molecule has 1 N–H and O–H groups in total.